The third-order valence-corrected chi connectivity index (χ3v) is 2.68. The van der Waals surface area contributed by atoms with Gasteiger partial charge in [0.1, 0.15) is 12.0 Å². The fourth-order valence-corrected chi connectivity index (χ4v) is 1.79. The molecule has 0 saturated carbocycles. The number of aromatic nitrogens is 3. The van der Waals surface area contributed by atoms with Crippen LogP contribution in [0.1, 0.15) is 0 Å². The van der Waals surface area contributed by atoms with E-state index in [0.717, 1.165) is 0 Å². The molecule has 2 amide bonds. The predicted octanol–water partition coefficient (Wildman–Crippen LogP) is 2.51. The number of benzene rings is 1. The second-order valence-corrected chi connectivity index (χ2v) is 4.02. The van der Waals surface area contributed by atoms with E-state index in [1.54, 1.807) is 30.3 Å². The highest BCUT2D eigenvalue weighted by Gasteiger charge is 2.13. The minimum Gasteiger partial charge on any atom is -0.308 e. The Bertz CT molecular complexity index is 756. The quantitative estimate of drug-likeness (QED) is 0.703. The Labute approximate surface area is 113 Å². The Kier molecular flexibility index (Phi) is 3.00. The van der Waals surface area contributed by atoms with Crippen LogP contribution in [0.2, 0.25) is 0 Å². The van der Waals surface area contributed by atoms with Gasteiger partial charge in [0, 0.05) is 5.69 Å². The lowest BCUT2D eigenvalue weighted by molar-refractivity contribution is 0.262. The van der Waals surface area contributed by atoms with E-state index in [4.69, 9.17) is 0 Å². The van der Waals surface area contributed by atoms with Gasteiger partial charge in [-0.15, -0.1) is 0 Å². The maximum atomic E-state index is 13.7. The fraction of sp³-hybridized carbons (Fsp3) is 0. The Morgan fingerprint density at radius 1 is 1.15 bits per heavy atom. The van der Waals surface area contributed by atoms with Crippen molar-refractivity contribution in [2.45, 2.75) is 0 Å². The van der Waals surface area contributed by atoms with Crippen molar-refractivity contribution >= 4 is 22.9 Å². The SMILES string of the molecule is O=C(Nc1ccccc1)Nc1c(F)ncn2nccc12. The molecule has 0 atom stereocenters. The largest absolute Gasteiger partial charge is 0.323 e. The molecule has 3 aromatic rings. The zero-order valence-corrected chi connectivity index (χ0v) is 10.2. The number of nitrogens with one attached hydrogen (secondary N) is 2. The van der Waals surface area contributed by atoms with Gasteiger partial charge in [0.15, 0.2) is 0 Å². The lowest BCUT2D eigenvalue weighted by atomic mass is 10.3. The summed E-state index contributed by atoms with van der Waals surface area (Å²) < 4.78 is 15.1. The summed E-state index contributed by atoms with van der Waals surface area (Å²) in [5, 5.41) is 8.97. The van der Waals surface area contributed by atoms with E-state index in [0.29, 0.717) is 11.2 Å². The summed E-state index contributed by atoms with van der Waals surface area (Å²) >= 11 is 0. The molecular weight excluding hydrogens is 261 g/mol. The van der Waals surface area contributed by atoms with Crippen LogP contribution in [0, 0.1) is 5.95 Å². The van der Waals surface area contributed by atoms with Gasteiger partial charge in [-0.25, -0.2) is 14.3 Å². The summed E-state index contributed by atoms with van der Waals surface area (Å²) in [6.07, 6.45) is 2.74. The maximum Gasteiger partial charge on any atom is 0.323 e. The molecule has 0 unspecified atom stereocenters. The summed E-state index contributed by atoms with van der Waals surface area (Å²) in [6, 6.07) is 9.90. The van der Waals surface area contributed by atoms with Crippen LogP contribution >= 0.6 is 0 Å². The number of hydrogen-bond acceptors (Lipinski definition) is 3. The Morgan fingerprint density at radius 3 is 2.75 bits per heavy atom. The number of halogens is 1. The van der Waals surface area contributed by atoms with Gasteiger partial charge in [0.25, 0.3) is 0 Å². The molecule has 2 aromatic heterocycles. The van der Waals surface area contributed by atoms with Crippen molar-refractivity contribution in [3.05, 3.63) is 54.9 Å². The molecule has 3 rings (SSSR count). The van der Waals surface area contributed by atoms with Crippen LogP contribution in [-0.2, 0) is 0 Å². The monoisotopic (exact) mass is 271 g/mol. The predicted molar refractivity (Wildman–Crippen MR) is 72.0 cm³/mol. The lowest BCUT2D eigenvalue weighted by Gasteiger charge is -2.09. The van der Waals surface area contributed by atoms with Crippen LogP contribution in [-0.4, -0.2) is 20.6 Å². The van der Waals surface area contributed by atoms with E-state index in [1.807, 2.05) is 6.07 Å². The van der Waals surface area contributed by atoms with Crippen LogP contribution < -0.4 is 10.6 Å². The van der Waals surface area contributed by atoms with E-state index in [9.17, 15) is 9.18 Å². The van der Waals surface area contributed by atoms with Crippen LogP contribution in [0.3, 0.4) is 0 Å². The number of anilines is 2. The number of hydrogen-bond donors (Lipinski definition) is 2. The summed E-state index contributed by atoms with van der Waals surface area (Å²) in [5.74, 6) is -0.763. The number of para-hydroxylation sites is 1. The van der Waals surface area contributed by atoms with Crippen LogP contribution in [0.25, 0.3) is 5.52 Å². The second kappa shape index (κ2) is 4.96. The molecule has 0 aliphatic carbocycles. The van der Waals surface area contributed by atoms with E-state index in [2.05, 4.69) is 20.7 Å². The number of carbonyl (C=O) groups is 1. The van der Waals surface area contributed by atoms with Crippen molar-refractivity contribution < 1.29 is 9.18 Å². The lowest BCUT2D eigenvalue weighted by Crippen LogP contribution is -2.21. The van der Waals surface area contributed by atoms with Gasteiger partial charge in [-0.1, -0.05) is 18.2 Å². The summed E-state index contributed by atoms with van der Waals surface area (Å²) in [5.41, 5.74) is 1.03. The zero-order chi connectivity index (χ0) is 13.9. The highest BCUT2D eigenvalue weighted by atomic mass is 19.1. The van der Waals surface area contributed by atoms with Gasteiger partial charge in [0.05, 0.1) is 11.7 Å². The third-order valence-electron chi connectivity index (χ3n) is 2.68. The molecule has 0 saturated heterocycles. The van der Waals surface area contributed by atoms with Crippen molar-refractivity contribution in [1.82, 2.24) is 14.6 Å². The van der Waals surface area contributed by atoms with E-state index in [-0.39, 0.29) is 5.69 Å². The molecule has 0 fully saturated rings. The molecule has 100 valence electrons. The van der Waals surface area contributed by atoms with E-state index < -0.39 is 12.0 Å². The van der Waals surface area contributed by atoms with Gasteiger partial charge in [-0.05, 0) is 18.2 Å². The van der Waals surface area contributed by atoms with Crippen LogP contribution in [0.15, 0.2) is 48.9 Å². The van der Waals surface area contributed by atoms with Gasteiger partial charge < -0.3 is 10.6 Å². The number of nitrogens with zero attached hydrogens (tertiary/aromatic N) is 3. The molecule has 0 radical (unpaired) electrons. The van der Waals surface area contributed by atoms with Crippen molar-refractivity contribution in [3.63, 3.8) is 0 Å². The molecule has 0 bridgehead atoms. The van der Waals surface area contributed by atoms with Crippen LogP contribution in [0.5, 0.6) is 0 Å². The maximum absolute atomic E-state index is 13.7. The molecule has 0 aliphatic heterocycles. The Morgan fingerprint density at radius 2 is 1.95 bits per heavy atom. The van der Waals surface area contributed by atoms with E-state index in [1.165, 1.54) is 17.0 Å². The zero-order valence-electron chi connectivity index (χ0n) is 10.2. The first-order valence-corrected chi connectivity index (χ1v) is 5.85. The van der Waals surface area contributed by atoms with Gasteiger partial charge in [0.2, 0.25) is 5.95 Å². The number of fused-ring (bicyclic) bond motifs is 1. The smallest absolute Gasteiger partial charge is 0.308 e. The van der Waals surface area contributed by atoms with Gasteiger partial charge in [-0.3, -0.25) is 0 Å². The number of rotatable bonds is 2. The normalized spacial score (nSPS) is 10.4. The Hall–Kier alpha value is -2.96. The molecule has 2 heterocycles. The molecule has 0 aliphatic rings. The summed E-state index contributed by atoms with van der Waals surface area (Å²) in [4.78, 5) is 15.4. The van der Waals surface area contributed by atoms with Crippen molar-refractivity contribution in [2.24, 2.45) is 0 Å². The molecule has 1 aromatic carbocycles. The average molecular weight is 271 g/mol. The van der Waals surface area contributed by atoms with Crippen molar-refractivity contribution in [2.75, 3.05) is 10.6 Å². The fourth-order valence-electron chi connectivity index (χ4n) is 1.79. The minimum atomic E-state index is -0.763. The number of amides is 2. The summed E-state index contributed by atoms with van der Waals surface area (Å²) in [6.45, 7) is 0. The molecular formula is C13H10FN5O. The molecule has 20 heavy (non-hydrogen) atoms. The highest BCUT2D eigenvalue weighted by Crippen LogP contribution is 2.19. The number of urea groups is 1. The summed E-state index contributed by atoms with van der Waals surface area (Å²) in [7, 11) is 0. The van der Waals surface area contributed by atoms with Gasteiger partial charge >= 0.3 is 6.03 Å². The van der Waals surface area contributed by atoms with Crippen molar-refractivity contribution in [3.8, 4) is 0 Å². The average Bonchev–Trinajstić information content (AvgIpc) is 2.92. The second-order valence-electron chi connectivity index (χ2n) is 4.02. The third kappa shape index (κ3) is 2.28. The highest BCUT2D eigenvalue weighted by molar-refractivity contribution is 6.02. The standard InChI is InChI=1S/C13H10FN5O/c14-12-11(10-6-7-16-19(10)8-15-12)18-13(20)17-9-4-2-1-3-5-9/h1-8H,(H2,17,18,20). The van der Waals surface area contributed by atoms with Crippen molar-refractivity contribution in [1.29, 1.82) is 0 Å². The molecule has 7 heteroatoms. The van der Waals surface area contributed by atoms with Crippen LogP contribution in [0.4, 0.5) is 20.6 Å². The molecule has 2 N–H and O–H groups in total. The minimum absolute atomic E-state index is 0.0153. The van der Waals surface area contributed by atoms with E-state index >= 15 is 0 Å². The van der Waals surface area contributed by atoms with Gasteiger partial charge in [-0.2, -0.15) is 9.49 Å². The first-order chi connectivity index (χ1) is 9.74. The first-order valence-electron chi connectivity index (χ1n) is 5.85. The number of carbonyl (C=O) groups excluding carboxylic acids is 1. The Balaban J connectivity index is 1.84. The molecule has 0 spiro atoms. The molecule has 6 nitrogen and oxygen atoms in total. The first kappa shape index (κ1) is 12.1. The topological polar surface area (TPSA) is 71.3 Å².